The number of likely N-dealkylation sites (tertiary alicyclic amines) is 1. The van der Waals surface area contributed by atoms with Gasteiger partial charge in [0.25, 0.3) is 5.91 Å². The molecule has 2 aromatic carbocycles. The zero-order valence-corrected chi connectivity index (χ0v) is 14.8. The van der Waals surface area contributed by atoms with E-state index in [1.54, 1.807) is 11.0 Å². The van der Waals surface area contributed by atoms with Crippen LogP contribution < -0.4 is 5.63 Å². The van der Waals surface area contributed by atoms with Crippen molar-refractivity contribution in [3.8, 4) is 11.1 Å². The Bertz CT molecular complexity index is 1010. The fraction of sp³-hybridized carbons (Fsp3) is 0.273. The fourth-order valence-electron chi connectivity index (χ4n) is 3.60. The monoisotopic (exact) mass is 347 g/mol. The Kier molecular flexibility index (Phi) is 4.33. The Morgan fingerprint density at radius 2 is 1.58 bits per heavy atom. The van der Waals surface area contributed by atoms with E-state index in [1.807, 2.05) is 49.4 Å². The summed E-state index contributed by atoms with van der Waals surface area (Å²) < 4.78 is 5.57. The van der Waals surface area contributed by atoms with Crippen LogP contribution in [0.4, 0.5) is 0 Å². The van der Waals surface area contributed by atoms with Crippen molar-refractivity contribution in [1.82, 2.24) is 4.90 Å². The summed E-state index contributed by atoms with van der Waals surface area (Å²) in [7, 11) is 0. The van der Waals surface area contributed by atoms with Crippen LogP contribution in [0.25, 0.3) is 21.9 Å². The summed E-state index contributed by atoms with van der Waals surface area (Å²) in [5.74, 6) is -0.0393. The fourth-order valence-corrected chi connectivity index (χ4v) is 3.60. The molecular weight excluding hydrogens is 326 g/mol. The number of rotatable bonds is 2. The zero-order valence-electron chi connectivity index (χ0n) is 14.8. The van der Waals surface area contributed by atoms with E-state index in [9.17, 15) is 9.59 Å². The molecule has 1 fully saturated rings. The van der Waals surface area contributed by atoms with Gasteiger partial charge in [-0.2, -0.15) is 0 Å². The highest BCUT2D eigenvalue weighted by atomic mass is 16.4. The van der Waals surface area contributed by atoms with Gasteiger partial charge in [0.05, 0.1) is 5.39 Å². The molecule has 0 bridgehead atoms. The highest BCUT2D eigenvalue weighted by Gasteiger charge is 2.26. The lowest BCUT2D eigenvalue weighted by Crippen LogP contribution is -2.36. The van der Waals surface area contributed by atoms with Gasteiger partial charge in [0.1, 0.15) is 0 Å². The van der Waals surface area contributed by atoms with Crippen LogP contribution >= 0.6 is 0 Å². The molecule has 1 aliphatic heterocycles. The van der Waals surface area contributed by atoms with Crippen molar-refractivity contribution < 1.29 is 9.21 Å². The smallest absolute Gasteiger partial charge is 0.344 e. The minimum absolute atomic E-state index is 0.152. The summed E-state index contributed by atoms with van der Waals surface area (Å²) in [4.78, 5) is 27.4. The zero-order chi connectivity index (χ0) is 18.1. The quantitative estimate of drug-likeness (QED) is 0.690. The summed E-state index contributed by atoms with van der Waals surface area (Å²) >= 11 is 0. The number of nitrogens with zero attached hydrogens (tertiary/aromatic N) is 1. The van der Waals surface area contributed by atoms with E-state index >= 15 is 0 Å². The van der Waals surface area contributed by atoms with Crippen molar-refractivity contribution in [1.29, 1.82) is 0 Å². The Hall–Kier alpha value is -2.88. The maximum Gasteiger partial charge on any atom is 0.344 e. The standard InChI is InChI=1S/C22H21NO3/c1-15-9-11-16(12-10-15)19-17-7-3-4-8-18(17)22(25)26-20(19)21(24)23-13-5-2-6-14-23/h3-4,7-12H,2,5-6,13-14H2,1H3. The SMILES string of the molecule is Cc1ccc(-c2c(C(=O)N3CCCCC3)oc(=O)c3ccccc23)cc1. The van der Waals surface area contributed by atoms with E-state index in [-0.39, 0.29) is 11.7 Å². The van der Waals surface area contributed by atoms with Crippen LogP contribution in [0.5, 0.6) is 0 Å². The predicted molar refractivity (Wildman–Crippen MR) is 102 cm³/mol. The van der Waals surface area contributed by atoms with Gasteiger partial charge in [-0.15, -0.1) is 0 Å². The average molecular weight is 347 g/mol. The lowest BCUT2D eigenvalue weighted by molar-refractivity contribution is 0.0689. The summed E-state index contributed by atoms with van der Waals surface area (Å²) in [6.07, 6.45) is 3.11. The van der Waals surface area contributed by atoms with Crippen LogP contribution in [0, 0.1) is 6.92 Å². The van der Waals surface area contributed by atoms with Crippen molar-refractivity contribution in [3.63, 3.8) is 0 Å². The number of carbonyl (C=O) groups excluding carboxylic acids is 1. The maximum atomic E-state index is 13.2. The number of hydrogen-bond donors (Lipinski definition) is 0. The Labute approximate surface area is 152 Å². The molecule has 1 aromatic heterocycles. The first-order valence-electron chi connectivity index (χ1n) is 9.07. The Morgan fingerprint density at radius 3 is 2.27 bits per heavy atom. The largest absolute Gasteiger partial charge is 0.416 e. The first-order chi connectivity index (χ1) is 12.6. The molecule has 1 amide bonds. The third kappa shape index (κ3) is 2.92. The van der Waals surface area contributed by atoms with Crippen molar-refractivity contribution in [2.45, 2.75) is 26.2 Å². The lowest BCUT2D eigenvalue weighted by Gasteiger charge is -2.27. The molecule has 0 saturated carbocycles. The molecule has 3 aromatic rings. The van der Waals surface area contributed by atoms with E-state index in [0.29, 0.717) is 24.0 Å². The number of piperidine rings is 1. The summed E-state index contributed by atoms with van der Waals surface area (Å²) in [5, 5.41) is 1.26. The Morgan fingerprint density at radius 1 is 0.923 bits per heavy atom. The molecule has 0 spiro atoms. The number of hydrogen-bond acceptors (Lipinski definition) is 3. The van der Waals surface area contributed by atoms with Crippen molar-refractivity contribution >= 4 is 16.7 Å². The van der Waals surface area contributed by atoms with Gasteiger partial charge in [0.2, 0.25) is 5.76 Å². The second-order valence-corrected chi connectivity index (χ2v) is 6.86. The highest BCUT2D eigenvalue weighted by molar-refractivity contribution is 6.07. The molecule has 132 valence electrons. The molecule has 0 radical (unpaired) electrons. The number of benzene rings is 2. The molecule has 0 unspecified atom stereocenters. The predicted octanol–water partition coefficient (Wildman–Crippen LogP) is 4.39. The first kappa shape index (κ1) is 16.6. The number of fused-ring (bicyclic) bond motifs is 1. The molecule has 26 heavy (non-hydrogen) atoms. The number of amides is 1. The number of carbonyl (C=O) groups is 1. The normalized spacial score (nSPS) is 14.6. The summed E-state index contributed by atoms with van der Waals surface area (Å²) in [6.45, 7) is 3.44. The average Bonchev–Trinajstić information content (AvgIpc) is 2.69. The van der Waals surface area contributed by atoms with Crippen LogP contribution in [0.3, 0.4) is 0 Å². The minimum Gasteiger partial charge on any atom is -0.416 e. The van der Waals surface area contributed by atoms with Gasteiger partial charge in [-0.1, -0.05) is 48.0 Å². The van der Waals surface area contributed by atoms with E-state index < -0.39 is 5.63 Å². The van der Waals surface area contributed by atoms with Gasteiger partial charge in [-0.05, 0) is 37.8 Å². The van der Waals surface area contributed by atoms with Gasteiger partial charge in [-0.3, -0.25) is 4.79 Å². The molecule has 0 aliphatic carbocycles. The number of aryl methyl sites for hydroxylation is 1. The van der Waals surface area contributed by atoms with E-state index in [0.717, 1.165) is 35.8 Å². The highest BCUT2D eigenvalue weighted by Crippen LogP contribution is 2.32. The van der Waals surface area contributed by atoms with E-state index in [4.69, 9.17) is 4.42 Å². The van der Waals surface area contributed by atoms with Gasteiger partial charge in [0, 0.05) is 24.0 Å². The summed E-state index contributed by atoms with van der Waals surface area (Å²) in [5.41, 5.74) is 2.27. The van der Waals surface area contributed by atoms with Crippen LogP contribution in [0.1, 0.15) is 35.4 Å². The van der Waals surface area contributed by atoms with Crippen molar-refractivity contribution in [2.75, 3.05) is 13.1 Å². The molecule has 2 heterocycles. The third-order valence-corrected chi connectivity index (χ3v) is 5.02. The third-order valence-electron chi connectivity index (χ3n) is 5.02. The second-order valence-electron chi connectivity index (χ2n) is 6.86. The molecule has 0 N–H and O–H groups in total. The molecule has 1 aliphatic rings. The van der Waals surface area contributed by atoms with Crippen LogP contribution in [-0.4, -0.2) is 23.9 Å². The van der Waals surface area contributed by atoms with E-state index in [2.05, 4.69) is 0 Å². The van der Waals surface area contributed by atoms with Crippen molar-refractivity contribution in [2.24, 2.45) is 0 Å². The molecule has 4 nitrogen and oxygen atoms in total. The molecule has 0 atom stereocenters. The maximum absolute atomic E-state index is 13.2. The van der Waals surface area contributed by atoms with Gasteiger partial charge < -0.3 is 9.32 Å². The van der Waals surface area contributed by atoms with E-state index in [1.165, 1.54) is 0 Å². The van der Waals surface area contributed by atoms with Crippen LogP contribution in [-0.2, 0) is 0 Å². The van der Waals surface area contributed by atoms with Crippen LogP contribution in [0.15, 0.2) is 57.7 Å². The van der Waals surface area contributed by atoms with Gasteiger partial charge in [0.15, 0.2) is 0 Å². The second kappa shape index (κ2) is 6.79. The molecular formula is C22H21NO3. The molecule has 4 rings (SSSR count). The Balaban J connectivity index is 1.96. The lowest BCUT2D eigenvalue weighted by atomic mass is 9.97. The van der Waals surface area contributed by atoms with Crippen LogP contribution in [0.2, 0.25) is 0 Å². The van der Waals surface area contributed by atoms with Gasteiger partial charge >= 0.3 is 5.63 Å². The topological polar surface area (TPSA) is 50.5 Å². The first-order valence-corrected chi connectivity index (χ1v) is 9.07. The van der Waals surface area contributed by atoms with Gasteiger partial charge in [-0.25, -0.2) is 4.79 Å². The molecule has 1 saturated heterocycles. The van der Waals surface area contributed by atoms with Crippen molar-refractivity contribution in [3.05, 3.63) is 70.3 Å². The minimum atomic E-state index is -0.461. The molecule has 4 heteroatoms. The summed E-state index contributed by atoms with van der Waals surface area (Å²) in [6, 6.07) is 15.3.